The van der Waals surface area contributed by atoms with Crippen molar-refractivity contribution in [2.24, 2.45) is 11.8 Å². The van der Waals surface area contributed by atoms with Crippen molar-refractivity contribution in [3.05, 3.63) is 29.8 Å². The van der Waals surface area contributed by atoms with E-state index in [1.54, 1.807) is 26.8 Å². The summed E-state index contributed by atoms with van der Waals surface area (Å²) in [5.74, 6) is -2.64. The number of nitrogens with zero attached hydrogens (tertiary/aromatic N) is 2. The third-order valence-corrected chi connectivity index (χ3v) is 7.79. The first-order valence-corrected chi connectivity index (χ1v) is 12.0. The number of esters is 2. The summed E-state index contributed by atoms with van der Waals surface area (Å²) < 4.78 is 37.1. The number of hydrogen-bond donors (Lipinski definition) is 1. The molecule has 2 rings (SSSR count). The zero-order valence-electron chi connectivity index (χ0n) is 19.2. The Bertz CT molecular complexity index is 1040. The second-order valence-electron chi connectivity index (χ2n) is 8.29. The number of nitrogens with one attached hydrogen (secondary N) is 1. The average Bonchev–Trinajstić information content (AvgIpc) is 2.81. The van der Waals surface area contributed by atoms with Crippen LogP contribution >= 0.6 is 0 Å². The molecule has 0 radical (unpaired) electrons. The Morgan fingerprint density at radius 2 is 1.85 bits per heavy atom. The summed E-state index contributed by atoms with van der Waals surface area (Å²) in [6.45, 7) is 4.77. The highest BCUT2D eigenvalue weighted by atomic mass is 32.2. The maximum absolute atomic E-state index is 13.1. The predicted octanol–water partition coefficient (Wildman–Crippen LogP) is 1.47. The number of sulfonamides is 1. The number of carbonyl (C=O) groups excluding carboxylic acids is 3. The van der Waals surface area contributed by atoms with E-state index in [4.69, 9.17) is 4.74 Å². The number of amides is 1. The monoisotopic (exact) mass is 479 g/mol. The Morgan fingerprint density at radius 1 is 1.24 bits per heavy atom. The zero-order chi connectivity index (χ0) is 24.8. The molecular formula is C22H29N3O7S. The van der Waals surface area contributed by atoms with Gasteiger partial charge in [0.25, 0.3) is 5.91 Å². The Labute approximate surface area is 193 Å². The van der Waals surface area contributed by atoms with Gasteiger partial charge in [0.05, 0.1) is 29.6 Å². The molecule has 1 saturated heterocycles. The molecule has 11 heteroatoms. The molecule has 1 fully saturated rings. The molecule has 1 heterocycles. The SMILES string of the molecule is COC(=O)c1ccccc1S(=O)(=O)N1CCC(C(=O)OCC(=O)N[C@@](C)(C#N)C(C)C)CC1. The fourth-order valence-electron chi connectivity index (χ4n) is 3.32. The van der Waals surface area contributed by atoms with Crippen molar-refractivity contribution in [1.29, 1.82) is 5.26 Å². The quantitative estimate of drug-likeness (QED) is 0.552. The number of methoxy groups -OCH3 is 1. The minimum atomic E-state index is -3.97. The van der Waals surface area contributed by atoms with Gasteiger partial charge in [-0.05, 0) is 37.8 Å². The molecule has 1 aliphatic heterocycles. The van der Waals surface area contributed by atoms with Gasteiger partial charge in [0.15, 0.2) is 6.61 Å². The molecule has 0 bridgehead atoms. The van der Waals surface area contributed by atoms with E-state index in [0.29, 0.717) is 0 Å². The molecule has 0 aliphatic carbocycles. The highest BCUT2D eigenvalue weighted by molar-refractivity contribution is 7.89. The first kappa shape index (κ1) is 26.3. The van der Waals surface area contributed by atoms with Crippen molar-refractivity contribution in [1.82, 2.24) is 9.62 Å². The Balaban J connectivity index is 1.96. The topological polar surface area (TPSA) is 143 Å². The lowest BCUT2D eigenvalue weighted by Crippen LogP contribution is -2.50. The summed E-state index contributed by atoms with van der Waals surface area (Å²) in [5.41, 5.74) is -1.14. The standard InChI is InChI=1S/C22H29N3O7S/c1-15(2)22(3,14-23)24-19(26)13-32-20(27)16-9-11-25(12-10-16)33(29,30)18-8-6-5-7-17(18)21(28)31-4/h5-8,15-16H,9-13H2,1-4H3,(H,24,26)/t22-/m0/s1. The van der Waals surface area contributed by atoms with E-state index in [2.05, 4.69) is 10.1 Å². The molecule has 1 aromatic rings. The normalized spacial score (nSPS) is 17.0. The van der Waals surface area contributed by atoms with Gasteiger partial charge in [-0.25, -0.2) is 13.2 Å². The molecule has 0 saturated carbocycles. The van der Waals surface area contributed by atoms with E-state index >= 15 is 0 Å². The maximum atomic E-state index is 13.1. The summed E-state index contributed by atoms with van der Waals surface area (Å²) in [7, 11) is -2.80. The highest BCUT2D eigenvalue weighted by Gasteiger charge is 2.35. The van der Waals surface area contributed by atoms with Gasteiger partial charge in [-0.15, -0.1) is 0 Å². The Hall–Kier alpha value is -2.97. The Kier molecular flexibility index (Phi) is 8.57. The van der Waals surface area contributed by atoms with Crippen LogP contribution in [0.1, 0.15) is 44.0 Å². The van der Waals surface area contributed by atoms with E-state index in [1.807, 2.05) is 6.07 Å². The molecule has 1 N–H and O–H groups in total. The van der Waals surface area contributed by atoms with Crippen molar-refractivity contribution in [3.63, 3.8) is 0 Å². The number of hydrogen-bond acceptors (Lipinski definition) is 8. The lowest BCUT2D eigenvalue weighted by Gasteiger charge is -2.30. The molecule has 0 unspecified atom stereocenters. The lowest BCUT2D eigenvalue weighted by atomic mass is 9.90. The lowest BCUT2D eigenvalue weighted by molar-refractivity contribution is -0.154. The van der Waals surface area contributed by atoms with Crippen molar-refractivity contribution >= 4 is 27.9 Å². The molecule has 0 spiro atoms. The van der Waals surface area contributed by atoms with Crippen LogP contribution in [0.5, 0.6) is 0 Å². The molecule has 180 valence electrons. The van der Waals surface area contributed by atoms with Crippen molar-refractivity contribution in [2.45, 2.75) is 44.0 Å². The van der Waals surface area contributed by atoms with Crippen LogP contribution < -0.4 is 5.32 Å². The van der Waals surface area contributed by atoms with Crippen molar-refractivity contribution in [3.8, 4) is 6.07 Å². The smallest absolute Gasteiger partial charge is 0.339 e. The molecular weight excluding hydrogens is 450 g/mol. The number of benzene rings is 1. The van der Waals surface area contributed by atoms with E-state index < -0.39 is 45.9 Å². The van der Waals surface area contributed by atoms with Crippen LogP contribution in [0.25, 0.3) is 0 Å². The number of rotatable bonds is 8. The average molecular weight is 480 g/mol. The van der Waals surface area contributed by atoms with Crippen LogP contribution in [-0.2, 0) is 29.1 Å². The second-order valence-corrected chi connectivity index (χ2v) is 10.2. The Morgan fingerprint density at radius 3 is 2.39 bits per heavy atom. The summed E-state index contributed by atoms with van der Waals surface area (Å²) in [6.07, 6.45) is 0.421. The van der Waals surface area contributed by atoms with E-state index in [0.717, 1.165) is 0 Å². The number of carbonyl (C=O) groups is 3. The van der Waals surface area contributed by atoms with Crippen LogP contribution in [0, 0.1) is 23.2 Å². The molecule has 10 nitrogen and oxygen atoms in total. The molecule has 1 aromatic carbocycles. The fourth-order valence-corrected chi connectivity index (χ4v) is 4.97. The van der Waals surface area contributed by atoms with Crippen molar-refractivity contribution < 1.29 is 32.3 Å². The fraction of sp³-hybridized carbons (Fsp3) is 0.545. The summed E-state index contributed by atoms with van der Waals surface area (Å²) in [4.78, 5) is 36.3. The first-order valence-electron chi connectivity index (χ1n) is 10.5. The molecule has 1 aliphatic rings. The summed E-state index contributed by atoms with van der Waals surface area (Å²) in [6, 6.07) is 7.83. The van der Waals surface area contributed by atoms with Gasteiger partial charge in [-0.2, -0.15) is 9.57 Å². The van der Waals surface area contributed by atoms with Gasteiger partial charge in [0, 0.05) is 13.1 Å². The molecule has 0 aromatic heterocycles. The van der Waals surface area contributed by atoms with Crippen LogP contribution in [0.2, 0.25) is 0 Å². The van der Waals surface area contributed by atoms with Crippen molar-refractivity contribution in [2.75, 3.05) is 26.8 Å². The van der Waals surface area contributed by atoms with Crippen LogP contribution in [-0.4, -0.2) is 62.9 Å². The van der Waals surface area contributed by atoms with Crippen LogP contribution in [0.3, 0.4) is 0 Å². The van der Waals surface area contributed by atoms with Gasteiger partial charge in [0.2, 0.25) is 10.0 Å². The largest absolute Gasteiger partial charge is 0.465 e. The second kappa shape index (κ2) is 10.8. The van der Waals surface area contributed by atoms with Gasteiger partial charge < -0.3 is 14.8 Å². The van der Waals surface area contributed by atoms with E-state index in [9.17, 15) is 28.1 Å². The number of nitriles is 1. The first-order chi connectivity index (χ1) is 15.5. The summed E-state index contributed by atoms with van der Waals surface area (Å²) >= 11 is 0. The third kappa shape index (κ3) is 6.09. The molecule has 33 heavy (non-hydrogen) atoms. The van der Waals surface area contributed by atoms with E-state index in [1.165, 1.54) is 29.6 Å². The zero-order valence-corrected chi connectivity index (χ0v) is 20.0. The summed E-state index contributed by atoms with van der Waals surface area (Å²) in [5, 5.41) is 11.8. The predicted molar refractivity (Wildman–Crippen MR) is 117 cm³/mol. The third-order valence-electron chi connectivity index (χ3n) is 5.83. The van der Waals surface area contributed by atoms with Crippen LogP contribution in [0.4, 0.5) is 0 Å². The van der Waals surface area contributed by atoms with E-state index in [-0.39, 0.29) is 42.3 Å². The number of ether oxygens (including phenoxy) is 2. The van der Waals surface area contributed by atoms with Gasteiger partial charge in [0.1, 0.15) is 5.54 Å². The van der Waals surface area contributed by atoms with Gasteiger partial charge in [-0.3, -0.25) is 9.59 Å². The van der Waals surface area contributed by atoms with Crippen LogP contribution in [0.15, 0.2) is 29.2 Å². The minimum Gasteiger partial charge on any atom is -0.465 e. The highest BCUT2D eigenvalue weighted by Crippen LogP contribution is 2.27. The molecule has 1 amide bonds. The molecule has 1 atom stereocenters. The van der Waals surface area contributed by atoms with Gasteiger partial charge in [-0.1, -0.05) is 26.0 Å². The maximum Gasteiger partial charge on any atom is 0.339 e. The van der Waals surface area contributed by atoms with Gasteiger partial charge >= 0.3 is 11.9 Å². The number of piperidine rings is 1. The minimum absolute atomic E-state index is 0.0571.